The van der Waals surface area contributed by atoms with Crippen molar-refractivity contribution < 1.29 is 9.49 Å². The van der Waals surface area contributed by atoms with Gasteiger partial charge in [-0.25, -0.2) is 0 Å². The molecule has 2 aromatic carbocycles. The molecule has 3 rings (SSSR count). The van der Waals surface area contributed by atoms with Crippen LogP contribution in [0.1, 0.15) is 10.6 Å². The highest BCUT2D eigenvalue weighted by atomic mass is 32.1. The molecule has 0 aliphatic rings. The molecule has 1 heterocycles. The Kier molecular flexibility index (Phi) is 3.50. The van der Waals surface area contributed by atoms with Gasteiger partial charge in [0.1, 0.15) is 11.7 Å². The smallest absolute Gasteiger partial charge is 0.258 e. The fraction of sp³-hybridized carbons (Fsp3) is 0.0625. The quantitative estimate of drug-likeness (QED) is 0.419. The van der Waals surface area contributed by atoms with E-state index in [2.05, 4.69) is 16.7 Å². The Hall–Kier alpha value is -2.53. The molecular weight excluding hydrogens is 284 g/mol. The van der Waals surface area contributed by atoms with Crippen LogP contribution in [0.15, 0.2) is 48.5 Å². The van der Waals surface area contributed by atoms with Crippen molar-refractivity contribution >= 4 is 39.4 Å². The number of nitrogens with zero attached hydrogens (tertiary/aromatic N) is 2. The number of hydrogen-bond acceptors (Lipinski definition) is 3. The lowest BCUT2D eigenvalue weighted by molar-refractivity contribution is -0.642. The number of non-ortho nitro benzene ring substituents is 1. The molecule has 0 amide bonds. The topological polar surface area (TPSA) is 47.0 Å². The first kappa shape index (κ1) is 13.5. The molecule has 0 fully saturated rings. The van der Waals surface area contributed by atoms with E-state index in [0.29, 0.717) is 0 Å². The predicted octanol–water partition coefficient (Wildman–Crippen LogP) is 3.80. The molecule has 5 heteroatoms. The Labute approximate surface area is 125 Å². The second-order valence-corrected chi connectivity index (χ2v) is 5.71. The molecule has 0 saturated heterocycles. The van der Waals surface area contributed by atoms with Crippen LogP contribution in [-0.2, 0) is 7.05 Å². The molecule has 0 unspecified atom stereocenters. The van der Waals surface area contributed by atoms with Crippen LogP contribution >= 0.6 is 11.3 Å². The standard InChI is InChI=1S/C16H13N2O2S/c1-17-14-4-2-3-5-15(14)21-16(17)11-8-12-6-9-13(10-7-12)18(19)20/h2-11H,1H3/q+1. The second kappa shape index (κ2) is 5.46. The number of hydrogen-bond donors (Lipinski definition) is 0. The Morgan fingerprint density at radius 3 is 2.48 bits per heavy atom. The van der Waals surface area contributed by atoms with E-state index in [1.807, 2.05) is 31.3 Å². The summed E-state index contributed by atoms with van der Waals surface area (Å²) in [5.41, 5.74) is 2.25. The van der Waals surface area contributed by atoms with Gasteiger partial charge in [-0.15, -0.1) is 0 Å². The van der Waals surface area contributed by atoms with Gasteiger partial charge in [0.05, 0.1) is 4.92 Å². The van der Waals surface area contributed by atoms with Crippen LogP contribution in [0.5, 0.6) is 0 Å². The van der Waals surface area contributed by atoms with E-state index >= 15 is 0 Å². The van der Waals surface area contributed by atoms with Crippen LogP contribution in [-0.4, -0.2) is 4.92 Å². The molecule has 0 bridgehead atoms. The molecule has 0 N–H and O–H groups in total. The molecule has 0 radical (unpaired) electrons. The maximum Gasteiger partial charge on any atom is 0.269 e. The highest BCUT2D eigenvalue weighted by Crippen LogP contribution is 2.21. The molecule has 104 valence electrons. The Bertz CT molecular complexity index is 835. The largest absolute Gasteiger partial charge is 0.269 e. The highest BCUT2D eigenvalue weighted by Gasteiger charge is 2.13. The van der Waals surface area contributed by atoms with E-state index in [-0.39, 0.29) is 10.6 Å². The first-order valence-electron chi connectivity index (χ1n) is 6.45. The third-order valence-corrected chi connectivity index (χ3v) is 4.48. The van der Waals surface area contributed by atoms with E-state index in [1.54, 1.807) is 23.5 Å². The van der Waals surface area contributed by atoms with Crippen molar-refractivity contribution in [3.63, 3.8) is 0 Å². The van der Waals surface area contributed by atoms with Gasteiger partial charge in [-0.1, -0.05) is 23.5 Å². The van der Waals surface area contributed by atoms with Gasteiger partial charge in [0.15, 0.2) is 0 Å². The van der Waals surface area contributed by atoms with Crippen molar-refractivity contribution in [1.29, 1.82) is 0 Å². The van der Waals surface area contributed by atoms with Gasteiger partial charge >= 0.3 is 0 Å². The number of benzene rings is 2. The van der Waals surface area contributed by atoms with Crippen LogP contribution in [0.25, 0.3) is 22.4 Å². The molecule has 0 saturated carbocycles. The van der Waals surface area contributed by atoms with E-state index < -0.39 is 0 Å². The monoisotopic (exact) mass is 297 g/mol. The lowest BCUT2D eigenvalue weighted by atomic mass is 10.2. The summed E-state index contributed by atoms with van der Waals surface area (Å²) >= 11 is 1.72. The number of fused-ring (bicyclic) bond motifs is 1. The minimum atomic E-state index is -0.389. The summed E-state index contributed by atoms with van der Waals surface area (Å²) in [5.74, 6) is 0. The number of thiazole rings is 1. The van der Waals surface area contributed by atoms with Gasteiger partial charge in [0.2, 0.25) is 5.52 Å². The molecule has 0 spiro atoms. The van der Waals surface area contributed by atoms with Gasteiger partial charge in [-0.3, -0.25) is 10.1 Å². The average molecular weight is 297 g/mol. The van der Waals surface area contributed by atoms with Crippen LogP contribution in [0.3, 0.4) is 0 Å². The van der Waals surface area contributed by atoms with E-state index in [9.17, 15) is 10.1 Å². The summed E-state index contributed by atoms with van der Waals surface area (Å²) in [6.45, 7) is 0. The summed E-state index contributed by atoms with van der Waals surface area (Å²) in [4.78, 5) is 10.2. The number of aromatic nitrogens is 1. The van der Waals surface area contributed by atoms with Crippen molar-refractivity contribution in [2.75, 3.05) is 0 Å². The van der Waals surface area contributed by atoms with Gasteiger partial charge in [-0.2, -0.15) is 4.57 Å². The van der Waals surface area contributed by atoms with E-state index in [4.69, 9.17) is 0 Å². The molecule has 3 aromatic rings. The number of para-hydroxylation sites is 1. The summed E-state index contributed by atoms with van der Waals surface area (Å²) in [6.07, 6.45) is 4.00. The Balaban J connectivity index is 1.90. The van der Waals surface area contributed by atoms with Crippen LogP contribution in [0, 0.1) is 10.1 Å². The molecule has 0 aliphatic carbocycles. The Morgan fingerprint density at radius 2 is 1.81 bits per heavy atom. The van der Waals surface area contributed by atoms with E-state index in [0.717, 1.165) is 10.6 Å². The number of nitro benzene ring substituents is 1. The van der Waals surface area contributed by atoms with Crippen molar-refractivity contribution in [2.45, 2.75) is 0 Å². The first-order valence-corrected chi connectivity index (χ1v) is 7.27. The SMILES string of the molecule is C[n+]1c(C=Cc2ccc([N+](=O)[O-])cc2)sc2ccccc21. The fourth-order valence-electron chi connectivity index (χ4n) is 2.14. The number of nitro groups is 1. The summed E-state index contributed by atoms with van der Waals surface area (Å²) in [7, 11) is 2.04. The molecule has 4 nitrogen and oxygen atoms in total. The maximum absolute atomic E-state index is 10.6. The van der Waals surface area contributed by atoms with Crippen molar-refractivity contribution in [1.82, 2.24) is 0 Å². The van der Waals surface area contributed by atoms with Crippen LogP contribution in [0.2, 0.25) is 0 Å². The highest BCUT2D eigenvalue weighted by molar-refractivity contribution is 7.18. The molecule has 0 atom stereocenters. The molecule has 0 aliphatic heterocycles. The third-order valence-electron chi connectivity index (χ3n) is 3.29. The fourth-order valence-corrected chi connectivity index (χ4v) is 3.19. The van der Waals surface area contributed by atoms with Crippen LogP contribution < -0.4 is 4.57 Å². The summed E-state index contributed by atoms with van der Waals surface area (Å²) in [5, 5.41) is 11.8. The lowest BCUT2D eigenvalue weighted by Crippen LogP contribution is -2.28. The molecular formula is C16H13N2O2S+. The number of rotatable bonds is 3. The van der Waals surface area contributed by atoms with Gasteiger partial charge < -0.3 is 0 Å². The first-order chi connectivity index (χ1) is 10.1. The Morgan fingerprint density at radius 1 is 1.10 bits per heavy atom. The van der Waals surface area contributed by atoms with Crippen molar-refractivity contribution in [3.8, 4) is 0 Å². The van der Waals surface area contributed by atoms with Crippen LogP contribution in [0.4, 0.5) is 5.69 Å². The minimum Gasteiger partial charge on any atom is -0.258 e. The third kappa shape index (κ3) is 2.68. The predicted molar refractivity (Wildman–Crippen MR) is 85.0 cm³/mol. The van der Waals surface area contributed by atoms with Gasteiger partial charge in [0, 0.05) is 24.3 Å². The average Bonchev–Trinajstić information content (AvgIpc) is 2.82. The minimum absolute atomic E-state index is 0.111. The zero-order valence-corrected chi connectivity index (χ0v) is 12.2. The zero-order valence-electron chi connectivity index (χ0n) is 11.4. The molecule has 1 aromatic heterocycles. The van der Waals surface area contributed by atoms with Gasteiger partial charge in [-0.05, 0) is 29.8 Å². The van der Waals surface area contributed by atoms with Crippen molar-refractivity contribution in [3.05, 3.63) is 69.2 Å². The lowest BCUT2D eigenvalue weighted by Gasteiger charge is -1.92. The van der Waals surface area contributed by atoms with Crippen molar-refractivity contribution in [2.24, 2.45) is 7.05 Å². The van der Waals surface area contributed by atoms with Gasteiger partial charge in [0.25, 0.3) is 10.7 Å². The summed E-state index contributed by atoms with van der Waals surface area (Å²) < 4.78 is 3.38. The summed E-state index contributed by atoms with van der Waals surface area (Å²) in [6, 6.07) is 14.8. The zero-order chi connectivity index (χ0) is 14.8. The number of aryl methyl sites for hydroxylation is 1. The molecule has 21 heavy (non-hydrogen) atoms. The van der Waals surface area contributed by atoms with E-state index in [1.165, 1.54) is 22.3 Å². The normalized spacial score (nSPS) is 11.3. The maximum atomic E-state index is 10.6. The second-order valence-electron chi connectivity index (χ2n) is 4.65.